The van der Waals surface area contributed by atoms with Crippen molar-refractivity contribution >= 4 is 23.1 Å². The summed E-state index contributed by atoms with van der Waals surface area (Å²) in [6, 6.07) is 13.4. The third-order valence-electron chi connectivity index (χ3n) is 3.47. The van der Waals surface area contributed by atoms with Crippen molar-refractivity contribution < 1.29 is 0 Å². The first-order valence-electron chi connectivity index (χ1n) is 6.40. The maximum absolute atomic E-state index is 12.7. The molecule has 1 aromatic heterocycles. The van der Waals surface area contributed by atoms with E-state index in [0.717, 1.165) is 22.3 Å². The zero-order valence-electron chi connectivity index (χ0n) is 11.3. The summed E-state index contributed by atoms with van der Waals surface area (Å²) in [5, 5.41) is 0.642. The van der Waals surface area contributed by atoms with Gasteiger partial charge in [0, 0.05) is 0 Å². The Morgan fingerprint density at radius 2 is 1.65 bits per heavy atom. The van der Waals surface area contributed by atoms with E-state index in [2.05, 4.69) is 4.98 Å². The minimum absolute atomic E-state index is 0.0817. The lowest BCUT2D eigenvalue weighted by Crippen LogP contribution is -2.22. The molecule has 3 aromatic rings. The molecule has 20 heavy (non-hydrogen) atoms. The first-order valence-corrected chi connectivity index (χ1v) is 6.81. The lowest BCUT2D eigenvalue weighted by Gasteiger charge is -2.13. The zero-order valence-corrected chi connectivity index (χ0v) is 12.1. The predicted molar refractivity (Wildman–Crippen MR) is 84.2 cm³/mol. The summed E-state index contributed by atoms with van der Waals surface area (Å²) in [7, 11) is 0. The molecule has 1 N–H and O–H groups in total. The normalized spacial score (nSPS) is 10.9. The van der Waals surface area contributed by atoms with Crippen molar-refractivity contribution in [2.45, 2.75) is 13.8 Å². The standard InChI is InChI=1S/C16H14N2OS/c1-10-6-5-7-11(2)14(10)18-15(19)12-8-3-4-9-13(12)17-16(18)20/h3-9H,1-2H3,(H,17,20). The number of rotatable bonds is 1. The summed E-state index contributed by atoms with van der Waals surface area (Å²) in [6.45, 7) is 3.97. The molecule has 0 bridgehead atoms. The number of aryl methyl sites for hydroxylation is 2. The number of nitrogens with one attached hydrogen (secondary N) is 1. The number of hydrogen-bond donors (Lipinski definition) is 1. The molecule has 100 valence electrons. The fourth-order valence-corrected chi connectivity index (χ4v) is 2.81. The van der Waals surface area contributed by atoms with Gasteiger partial charge in [0.05, 0.1) is 16.6 Å². The Morgan fingerprint density at radius 3 is 2.35 bits per heavy atom. The summed E-state index contributed by atoms with van der Waals surface area (Å²) in [4.78, 5) is 15.9. The highest BCUT2D eigenvalue weighted by atomic mass is 32.1. The molecule has 0 aliphatic rings. The Balaban J connectivity index is 2.50. The average Bonchev–Trinajstić information content (AvgIpc) is 2.42. The van der Waals surface area contributed by atoms with E-state index in [9.17, 15) is 4.79 Å². The Labute approximate surface area is 121 Å². The first kappa shape index (κ1) is 12.8. The minimum Gasteiger partial charge on any atom is -0.331 e. The smallest absolute Gasteiger partial charge is 0.266 e. The van der Waals surface area contributed by atoms with E-state index in [1.54, 1.807) is 4.57 Å². The molecule has 1 heterocycles. The number of benzene rings is 2. The molecule has 3 rings (SSSR count). The number of fused-ring (bicyclic) bond motifs is 1. The molecule has 0 radical (unpaired) electrons. The van der Waals surface area contributed by atoms with Crippen molar-refractivity contribution in [2.24, 2.45) is 0 Å². The van der Waals surface area contributed by atoms with Gasteiger partial charge in [-0.2, -0.15) is 0 Å². The largest absolute Gasteiger partial charge is 0.331 e. The lowest BCUT2D eigenvalue weighted by atomic mass is 10.1. The highest BCUT2D eigenvalue weighted by molar-refractivity contribution is 7.71. The van der Waals surface area contributed by atoms with Gasteiger partial charge in [-0.05, 0) is 49.3 Å². The molecule has 0 spiro atoms. The topological polar surface area (TPSA) is 37.8 Å². The van der Waals surface area contributed by atoms with Gasteiger partial charge in [0.15, 0.2) is 4.77 Å². The van der Waals surface area contributed by atoms with Crippen LogP contribution in [0.3, 0.4) is 0 Å². The van der Waals surface area contributed by atoms with Crippen LogP contribution in [0, 0.1) is 18.6 Å². The van der Waals surface area contributed by atoms with Crippen LogP contribution in [0.25, 0.3) is 16.6 Å². The molecule has 0 aliphatic heterocycles. The van der Waals surface area contributed by atoms with Crippen molar-refractivity contribution in [1.82, 2.24) is 9.55 Å². The van der Waals surface area contributed by atoms with E-state index in [0.29, 0.717) is 10.2 Å². The van der Waals surface area contributed by atoms with Crippen LogP contribution in [-0.4, -0.2) is 9.55 Å². The Kier molecular flexibility index (Phi) is 3.03. The molecule has 2 aromatic carbocycles. The molecule has 3 nitrogen and oxygen atoms in total. The minimum atomic E-state index is -0.0817. The maximum atomic E-state index is 12.7. The molecule has 0 unspecified atom stereocenters. The van der Waals surface area contributed by atoms with Crippen molar-refractivity contribution in [3.8, 4) is 5.69 Å². The fourth-order valence-electron chi connectivity index (χ4n) is 2.52. The highest BCUT2D eigenvalue weighted by Crippen LogP contribution is 2.18. The first-order chi connectivity index (χ1) is 9.59. The quantitative estimate of drug-likeness (QED) is 0.692. The SMILES string of the molecule is Cc1cccc(C)c1-n1c(=S)[nH]c2ccccc2c1=O. The van der Waals surface area contributed by atoms with Gasteiger partial charge >= 0.3 is 0 Å². The number of hydrogen-bond acceptors (Lipinski definition) is 2. The molecule has 0 saturated carbocycles. The van der Waals surface area contributed by atoms with E-state index in [4.69, 9.17) is 12.2 Å². The second kappa shape index (κ2) is 4.72. The van der Waals surface area contributed by atoms with Crippen molar-refractivity contribution in [3.63, 3.8) is 0 Å². The van der Waals surface area contributed by atoms with Gasteiger partial charge in [0.1, 0.15) is 0 Å². The molecule has 4 heteroatoms. The molecular formula is C16H14N2OS. The summed E-state index contributed by atoms with van der Waals surface area (Å²) in [6.07, 6.45) is 0. The fraction of sp³-hybridized carbons (Fsp3) is 0.125. The molecule has 0 amide bonds. The number of H-pyrrole nitrogens is 1. The van der Waals surface area contributed by atoms with Crippen LogP contribution in [0.4, 0.5) is 0 Å². The molecule has 0 atom stereocenters. The van der Waals surface area contributed by atoms with Crippen molar-refractivity contribution in [1.29, 1.82) is 0 Å². The van der Waals surface area contributed by atoms with Crippen LogP contribution in [0.1, 0.15) is 11.1 Å². The van der Waals surface area contributed by atoms with E-state index in [1.807, 2.05) is 56.3 Å². The van der Waals surface area contributed by atoms with Crippen LogP contribution in [0.15, 0.2) is 47.3 Å². The van der Waals surface area contributed by atoms with Crippen LogP contribution in [0.2, 0.25) is 0 Å². The van der Waals surface area contributed by atoms with E-state index in [1.165, 1.54) is 0 Å². The lowest BCUT2D eigenvalue weighted by molar-refractivity contribution is 0.921. The van der Waals surface area contributed by atoms with Gasteiger partial charge in [-0.3, -0.25) is 9.36 Å². The van der Waals surface area contributed by atoms with Gasteiger partial charge in [0.25, 0.3) is 5.56 Å². The third kappa shape index (κ3) is 1.89. The summed E-state index contributed by atoms with van der Waals surface area (Å²) in [5.41, 5.74) is 3.61. The van der Waals surface area contributed by atoms with Crippen molar-refractivity contribution in [3.05, 3.63) is 68.7 Å². The van der Waals surface area contributed by atoms with Crippen LogP contribution >= 0.6 is 12.2 Å². The summed E-state index contributed by atoms with van der Waals surface area (Å²) < 4.78 is 2.01. The van der Waals surface area contributed by atoms with Gasteiger partial charge in [-0.1, -0.05) is 30.3 Å². The van der Waals surface area contributed by atoms with Crippen molar-refractivity contribution in [2.75, 3.05) is 0 Å². The average molecular weight is 282 g/mol. The number of aromatic amines is 1. The van der Waals surface area contributed by atoms with Gasteiger partial charge in [0.2, 0.25) is 0 Å². The molecule has 0 fully saturated rings. The Morgan fingerprint density at radius 1 is 1.00 bits per heavy atom. The summed E-state index contributed by atoms with van der Waals surface area (Å²) >= 11 is 5.38. The predicted octanol–water partition coefficient (Wildman–Crippen LogP) is 3.67. The third-order valence-corrected chi connectivity index (χ3v) is 3.75. The summed E-state index contributed by atoms with van der Waals surface area (Å²) in [5.74, 6) is 0. The Hall–Kier alpha value is -2.20. The maximum Gasteiger partial charge on any atom is 0.266 e. The van der Waals surface area contributed by atoms with Gasteiger partial charge < -0.3 is 4.98 Å². The molecular weight excluding hydrogens is 268 g/mol. The van der Waals surface area contributed by atoms with Crippen LogP contribution in [-0.2, 0) is 0 Å². The van der Waals surface area contributed by atoms with E-state index >= 15 is 0 Å². The number of aromatic nitrogens is 2. The van der Waals surface area contributed by atoms with Crippen LogP contribution in [0.5, 0.6) is 0 Å². The molecule has 0 aliphatic carbocycles. The monoisotopic (exact) mass is 282 g/mol. The second-order valence-electron chi connectivity index (χ2n) is 4.86. The van der Waals surface area contributed by atoms with Crippen LogP contribution < -0.4 is 5.56 Å². The highest BCUT2D eigenvalue weighted by Gasteiger charge is 2.11. The molecule has 0 saturated heterocycles. The van der Waals surface area contributed by atoms with E-state index in [-0.39, 0.29) is 5.56 Å². The number of para-hydroxylation sites is 2. The van der Waals surface area contributed by atoms with Gasteiger partial charge in [-0.25, -0.2) is 0 Å². The zero-order chi connectivity index (χ0) is 14.3. The second-order valence-corrected chi connectivity index (χ2v) is 5.24. The Bertz CT molecular complexity index is 901. The van der Waals surface area contributed by atoms with E-state index < -0.39 is 0 Å². The number of nitrogens with zero attached hydrogens (tertiary/aromatic N) is 1. The van der Waals surface area contributed by atoms with Gasteiger partial charge in [-0.15, -0.1) is 0 Å².